The molecule has 0 aliphatic rings. The van der Waals surface area contributed by atoms with Gasteiger partial charge >= 0.3 is 0 Å². The second-order valence-electron chi connectivity index (χ2n) is 3.84. The maximum atomic E-state index is 5.81. The van der Waals surface area contributed by atoms with E-state index in [1.165, 1.54) is 11.1 Å². The van der Waals surface area contributed by atoms with E-state index in [0.29, 0.717) is 11.9 Å². The first-order chi connectivity index (χ1) is 6.65. The topological polar surface area (TPSA) is 3.24 Å². The van der Waals surface area contributed by atoms with E-state index in [1.54, 1.807) is 0 Å². The Morgan fingerprint density at radius 2 is 2.00 bits per heavy atom. The summed E-state index contributed by atoms with van der Waals surface area (Å²) in [5, 5.41) is 0. The Morgan fingerprint density at radius 1 is 1.36 bits per heavy atom. The Labute approximate surface area is 91.7 Å². The SMILES string of the molecule is Cc1ccccc1CN(C)C(C)CCl. The standard InChI is InChI=1S/C12H18ClN/c1-10-6-4-5-7-12(10)9-14(3)11(2)8-13/h4-7,11H,8-9H2,1-3H3. The fourth-order valence-electron chi connectivity index (χ4n) is 1.33. The molecule has 1 rings (SSSR count). The molecule has 0 N–H and O–H groups in total. The number of alkyl halides is 1. The molecule has 0 saturated heterocycles. The van der Waals surface area contributed by atoms with E-state index in [9.17, 15) is 0 Å². The molecule has 0 fully saturated rings. The molecule has 1 atom stereocenters. The molecular formula is C12H18ClN. The van der Waals surface area contributed by atoms with Crippen molar-refractivity contribution in [2.45, 2.75) is 26.4 Å². The first-order valence-electron chi connectivity index (χ1n) is 4.96. The van der Waals surface area contributed by atoms with E-state index in [1.807, 2.05) is 0 Å². The number of rotatable bonds is 4. The highest BCUT2D eigenvalue weighted by molar-refractivity contribution is 6.18. The molecule has 0 aliphatic heterocycles. The van der Waals surface area contributed by atoms with Crippen LogP contribution in [0.3, 0.4) is 0 Å². The van der Waals surface area contributed by atoms with Crippen molar-refractivity contribution in [2.75, 3.05) is 12.9 Å². The zero-order valence-corrected chi connectivity index (χ0v) is 9.88. The Bertz CT molecular complexity index is 285. The molecule has 1 unspecified atom stereocenters. The van der Waals surface area contributed by atoms with Crippen LogP contribution in [0.4, 0.5) is 0 Å². The van der Waals surface area contributed by atoms with Crippen molar-refractivity contribution in [2.24, 2.45) is 0 Å². The summed E-state index contributed by atoms with van der Waals surface area (Å²) in [7, 11) is 2.11. The lowest BCUT2D eigenvalue weighted by Crippen LogP contribution is -2.30. The van der Waals surface area contributed by atoms with Crippen molar-refractivity contribution in [3.05, 3.63) is 35.4 Å². The van der Waals surface area contributed by atoms with Crippen LogP contribution in [-0.4, -0.2) is 23.9 Å². The van der Waals surface area contributed by atoms with E-state index in [2.05, 4.69) is 50.1 Å². The molecule has 14 heavy (non-hydrogen) atoms. The molecule has 0 saturated carbocycles. The van der Waals surface area contributed by atoms with E-state index in [0.717, 1.165) is 6.54 Å². The predicted molar refractivity (Wildman–Crippen MR) is 62.8 cm³/mol. The van der Waals surface area contributed by atoms with Gasteiger partial charge in [0.1, 0.15) is 0 Å². The Morgan fingerprint density at radius 3 is 2.57 bits per heavy atom. The third-order valence-corrected chi connectivity index (χ3v) is 3.10. The first-order valence-corrected chi connectivity index (χ1v) is 5.49. The summed E-state index contributed by atoms with van der Waals surface area (Å²) in [5.74, 6) is 0.683. The fourth-order valence-corrected chi connectivity index (χ4v) is 1.57. The number of benzene rings is 1. The largest absolute Gasteiger partial charge is 0.298 e. The van der Waals surface area contributed by atoms with Gasteiger partial charge in [-0.3, -0.25) is 4.90 Å². The minimum atomic E-state index is 0.427. The van der Waals surface area contributed by atoms with Crippen LogP contribution in [0.25, 0.3) is 0 Å². The van der Waals surface area contributed by atoms with Crippen molar-refractivity contribution in [3.63, 3.8) is 0 Å². The number of aryl methyl sites for hydroxylation is 1. The summed E-state index contributed by atoms with van der Waals surface area (Å²) < 4.78 is 0. The van der Waals surface area contributed by atoms with Gasteiger partial charge in [0.15, 0.2) is 0 Å². The van der Waals surface area contributed by atoms with Crippen molar-refractivity contribution >= 4 is 11.6 Å². The van der Waals surface area contributed by atoms with Gasteiger partial charge in [0, 0.05) is 18.5 Å². The zero-order chi connectivity index (χ0) is 10.6. The molecule has 1 nitrogen and oxygen atoms in total. The van der Waals surface area contributed by atoms with Gasteiger partial charge in [-0.2, -0.15) is 0 Å². The van der Waals surface area contributed by atoms with Crippen molar-refractivity contribution < 1.29 is 0 Å². The summed E-state index contributed by atoms with van der Waals surface area (Å²) in [6, 6.07) is 8.91. The van der Waals surface area contributed by atoms with Gasteiger partial charge in [-0.05, 0) is 32.0 Å². The van der Waals surface area contributed by atoms with E-state index < -0.39 is 0 Å². The predicted octanol–water partition coefficient (Wildman–Crippen LogP) is 3.05. The fraction of sp³-hybridized carbons (Fsp3) is 0.500. The summed E-state index contributed by atoms with van der Waals surface area (Å²) >= 11 is 5.81. The van der Waals surface area contributed by atoms with Crippen LogP contribution in [0.1, 0.15) is 18.1 Å². The van der Waals surface area contributed by atoms with Crippen molar-refractivity contribution in [3.8, 4) is 0 Å². The highest BCUT2D eigenvalue weighted by atomic mass is 35.5. The molecule has 1 aromatic rings. The van der Waals surface area contributed by atoms with E-state index in [-0.39, 0.29) is 0 Å². The molecule has 0 bridgehead atoms. The number of hydrogen-bond donors (Lipinski definition) is 0. The van der Waals surface area contributed by atoms with Crippen LogP contribution in [0.15, 0.2) is 24.3 Å². The summed E-state index contributed by atoms with van der Waals surface area (Å²) in [4.78, 5) is 2.27. The number of halogens is 1. The summed E-state index contributed by atoms with van der Waals surface area (Å²) in [6.45, 7) is 5.26. The smallest absolute Gasteiger partial charge is 0.0376 e. The minimum Gasteiger partial charge on any atom is -0.298 e. The second-order valence-corrected chi connectivity index (χ2v) is 4.15. The molecule has 78 valence electrons. The maximum absolute atomic E-state index is 5.81. The first kappa shape index (κ1) is 11.5. The van der Waals surface area contributed by atoms with Crippen LogP contribution in [-0.2, 0) is 6.54 Å². The summed E-state index contributed by atoms with van der Waals surface area (Å²) in [5.41, 5.74) is 2.73. The Kier molecular flexibility index (Phi) is 4.43. The molecule has 0 spiro atoms. The summed E-state index contributed by atoms with van der Waals surface area (Å²) in [6.07, 6.45) is 0. The maximum Gasteiger partial charge on any atom is 0.0376 e. The van der Waals surface area contributed by atoms with E-state index in [4.69, 9.17) is 11.6 Å². The lowest BCUT2D eigenvalue weighted by atomic mass is 10.1. The van der Waals surface area contributed by atoms with Gasteiger partial charge in [-0.25, -0.2) is 0 Å². The molecule has 0 radical (unpaired) electrons. The van der Waals surface area contributed by atoms with Crippen molar-refractivity contribution in [1.29, 1.82) is 0 Å². The van der Waals surface area contributed by atoms with Gasteiger partial charge in [0.25, 0.3) is 0 Å². The Hall–Kier alpha value is -0.530. The Balaban J connectivity index is 2.64. The molecular weight excluding hydrogens is 194 g/mol. The van der Waals surface area contributed by atoms with Gasteiger partial charge < -0.3 is 0 Å². The molecule has 0 aromatic heterocycles. The van der Waals surface area contributed by atoms with Crippen LogP contribution in [0.5, 0.6) is 0 Å². The van der Waals surface area contributed by atoms with Crippen LogP contribution in [0.2, 0.25) is 0 Å². The normalized spacial score (nSPS) is 13.2. The van der Waals surface area contributed by atoms with Gasteiger partial charge in [0.2, 0.25) is 0 Å². The quantitative estimate of drug-likeness (QED) is 0.692. The second kappa shape index (κ2) is 5.38. The number of hydrogen-bond acceptors (Lipinski definition) is 1. The van der Waals surface area contributed by atoms with Crippen LogP contribution < -0.4 is 0 Å². The zero-order valence-electron chi connectivity index (χ0n) is 9.13. The molecule has 0 aliphatic carbocycles. The molecule has 2 heteroatoms. The van der Waals surface area contributed by atoms with Crippen LogP contribution in [0, 0.1) is 6.92 Å². The number of nitrogens with zero attached hydrogens (tertiary/aromatic N) is 1. The molecule has 0 amide bonds. The van der Waals surface area contributed by atoms with E-state index >= 15 is 0 Å². The van der Waals surface area contributed by atoms with Crippen LogP contribution >= 0.6 is 11.6 Å². The van der Waals surface area contributed by atoms with Crippen molar-refractivity contribution in [1.82, 2.24) is 4.90 Å². The van der Waals surface area contributed by atoms with Gasteiger partial charge in [0.05, 0.1) is 0 Å². The molecule has 1 aromatic carbocycles. The lowest BCUT2D eigenvalue weighted by molar-refractivity contribution is 0.268. The van der Waals surface area contributed by atoms with Gasteiger partial charge in [-0.1, -0.05) is 24.3 Å². The average molecular weight is 212 g/mol. The highest BCUT2D eigenvalue weighted by Crippen LogP contribution is 2.11. The van der Waals surface area contributed by atoms with Gasteiger partial charge in [-0.15, -0.1) is 11.6 Å². The highest BCUT2D eigenvalue weighted by Gasteiger charge is 2.08. The monoisotopic (exact) mass is 211 g/mol. The average Bonchev–Trinajstić information content (AvgIpc) is 2.20. The lowest BCUT2D eigenvalue weighted by Gasteiger charge is -2.23. The minimum absolute atomic E-state index is 0.427. The third kappa shape index (κ3) is 3.00. The molecule has 0 heterocycles. The third-order valence-electron chi connectivity index (χ3n) is 2.66.